The third kappa shape index (κ3) is 5.45. The summed E-state index contributed by atoms with van der Waals surface area (Å²) in [5.41, 5.74) is 0.758. The number of thiazole rings is 1. The number of hydrogen-bond acceptors (Lipinski definition) is 10. The smallest absolute Gasteiger partial charge is 0.358 e. The van der Waals surface area contributed by atoms with Crippen LogP contribution in [0.4, 0.5) is 0 Å². The van der Waals surface area contributed by atoms with Gasteiger partial charge in [0.1, 0.15) is 5.75 Å². The van der Waals surface area contributed by atoms with Gasteiger partial charge in [0.2, 0.25) is 0 Å². The molecular weight excluding hydrogens is 424 g/mol. The Hall–Kier alpha value is -3.73. The Morgan fingerprint density at radius 1 is 1.00 bits per heavy atom. The van der Waals surface area contributed by atoms with Gasteiger partial charge in [-0.3, -0.25) is 4.79 Å². The van der Waals surface area contributed by atoms with Gasteiger partial charge < -0.3 is 24.3 Å². The molecule has 0 fully saturated rings. The zero-order chi connectivity index (χ0) is 22.2. The van der Waals surface area contributed by atoms with Gasteiger partial charge in [0, 0.05) is 35.9 Å². The normalized spacial score (nSPS) is 10.3. The third-order valence-corrected chi connectivity index (χ3v) is 4.91. The van der Waals surface area contributed by atoms with Crippen LogP contribution in [-0.2, 0) is 16.1 Å². The molecule has 0 aliphatic heterocycles. The van der Waals surface area contributed by atoms with Crippen molar-refractivity contribution in [1.82, 2.24) is 20.3 Å². The molecule has 10 nitrogen and oxygen atoms in total. The number of esters is 1. The molecule has 3 rings (SSSR count). The third-order valence-electron chi connectivity index (χ3n) is 4.07. The fourth-order valence-corrected chi connectivity index (χ4v) is 3.29. The minimum Gasteiger partial charge on any atom is -0.496 e. The van der Waals surface area contributed by atoms with Gasteiger partial charge in [-0.05, 0) is 12.1 Å². The highest BCUT2D eigenvalue weighted by Crippen LogP contribution is 2.34. The fraction of sp³-hybridized carbons (Fsp3) is 0.250. The molecule has 0 aliphatic rings. The van der Waals surface area contributed by atoms with E-state index in [9.17, 15) is 9.59 Å². The monoisotopic (exact) mass is 444 g/mol. The van der Waals surface area contributed by atoms with E-state index in [-0.39, 0.29) is 12.2 Å². The van der Waals surface area contributed by atoms with E-state index in [1.807, 2.05) is 0 Å². The van der Waals surface area contributed by atoms with Crippen LogP contribution in [0.15, 0.2) is 36.0 Å². The number of ether oxygens (including phenoxy) is 4. The Morgan fingerprint density at radius 2 is 1.68 bits per heavy atom. The van der Waals surface area contributed by atoms with Crippen molar-refractivity contribution in [3.63, 3.8) is 0 Å². The zero-order valence-corrected chi connectivity index (χ0v) is 17.9. The van der Waals surface area contributed by atoms with Crippen molar-refractivity contribution in [1.29, 1.82) is 0 Å². The molecule has 1 amide bonds. The van der Waals surface area contributed by atoms with Crippen LogP contribution in [0.2, 0.25) is 0 Å². The van der Waals surface area contributed by atoms with Crippen LogP contribution in [0, 0.1) is 0 Å². The summed E-state index contributed by atoms with van der Waals surface area (Å²) >= 11 is 1.21. The van der Waals surface area contributed by atoms with Crippen LogP contribution in [0.1, 0.15) is 16.1 Å². The molecule has 2 heterocycles. The molecule has 0 saturated heterocycles. The van der Waals surface area contributed by atoms with Gasteiger partial charge in [-0.15, -0.1) is 11.3 Å². The topological polar surface area (TPSA) is 122 Å². The SMILES string of the molecule is COc1cc(OC)c(OC)cc1CNC(=O)COC(=O)c1csc(-c2ncccn2)n1. The van der Waals surface area contributed by atoms with Gasteiger partial charge in [0.25, 0.3) is 5.91 Å². The van der Waals surface area contributed by atoms with Crippen molar-refractivity contribution in [2.45, 2.75) is 6.54 Å². The minimum atomic E-state index is -0.711. The average Bonchev–Trinajstić information content (AvgIpc) is 3.31. The number of amides is 1. The number of benzene rings is 1. The number of hydrogen-bond donors (Lipinski definition) is 1. The lowest BCUT2D eigenvalue weighted by Crippen LogP contribution is -2.28. The van der Waals surface area contributed by atoms with E-state index in [0.29, 0.717) is 33.6 Å². The van der Waals surface area contributed by atoms with E-state index < -0.39 is 18.5 Å². The standard InChI is InChI=1S/C20H20N4O6S/c1-27-14-8-16(29-3)15(28-2)7-12(14)9-23-17(25)10-30-20(26)13-11-31-19(24-13)18-21-5-4-6-22-18/h4-8,11H,9-10H2,1-3H3,(H,23,25). The molecule has 0 unspecified atom stereocenters. The molecule has 31 heavy (non-hydrogen) atoms. The summed E-state index contributed by atoms with van der Waals surface area (Å²) in [6.07, 6.45) is 3.17. The van der Waals surface area contributed by atoms with Gasteiger partial charge in [-0.2, -0.15) is 0 Å². The quantitative estimate of drug-likeness (QED) is 0.494. The molecule has 162 valence electrons. The second-order valence-corrected chi connectivity index (χ2v) is 6.84. The van der Waals surface area contributed by atoms with Crippen LogP contribution in [0.3, 0.4) is 0 Å². The second kappa shape index (κ2) is 10.3. The average molecular weight is 444 g/mol. The van der Waals surface area contributed by atoms with E-state index in [1.165, 1.54) is 38.0 Å². The fourth-order valence-electron chi connectivity index (χ4n) is 2.56. The predicted octanol–water partition coefficient (Wildman–Crippen LogP) is 2.10. The van der Waals surface area contributed by atoms with Crippen LogP contribution in [-0.4, -0.2) is 54.8 Å². The molecule has 11 heteroatoms. The highest BCUT2D eigenvalue weighted by atomic mass is 32.1. The number of aromatic nitrogens is 3. The Labute approximate surface area is 182 Å². The highest BCUT2D eigenvalue weighted by molar-refractivity contribution is 7.13. The number of methoxy groups -OCH3 is 3. The first-order valence-electron chi connectivity index (χ1n) is 9.01. The van der Waals surface area contributed by atoms with Crippen LogP contribution in [0.5, 0.6) is 17.2 Å². The number of carbonyl (C=O) groups is 2. The summed E-state index contributed by atoms with van der Waals surface area (Å²) in [6, 6.07) is 5.05. The maximum atomic E-state index is 12.2. The lowest BCUT2D eigenvalue weighted by molar-refractivity contribution is -0.124. The first-order valence-corrected chi connectivity index (χ1v) is 9.89. The molecule has 0 aliphatic carbocycles. The molecule has 0 saturated carbocycles. The van der Waals surface area contributed by atoms with Crippen molar-refractivity contribution in [2.24, 2.45) is 0 Å². The van der Waals surface area contributed by atoms with Crippen molar-refractivity contribution < 1.29 is 28.5 Å². The summed E-state index contributed by atoms with van der Waals surface area (Å²) < 4.78 is 20.9. The van der Waals surface area contributed by atoms with Gasteiger partial charge in [-0.1, -0.05) is 0 Å². The Bertz CT molecular complexity index is 1060. The summed E-state index contributed by atoms with van der Waals surface area (Å²) in [4.78, 5) is 36.6. The Kier molecular flexibility index (Phi) is 7.33. The second-order valence-electron chi connectivity index (χ2n) is 5.98. The van der Waals surface area contributed by atoms with Gasteiger partial charge in [0.15, 0.2) is 34.6 Å². The predicted molar refractivity (Wildman–Crippen MR) is 111 cm³/mol. The first kappa shape index (κ1) is 22.0. The maximum absolute atomic E-state index is 12.2. The molecule has 2 aromatic heterocycles. The minimum absolute atomic E-state index is 0.0850. The van der Waals surface area contributed by atoms with Gasteiger partial charge in [-0.25, -0.2) is 19.7 Å². The maximum Gasteiger partial charge on any atom is 0.358 e. The lowest BCUT2D eigenvalue weighted by atomic mass is 10.1. The number of carbonyl (C=O) groups excluding carboxylic acids is 2. The summed E-state index contributed by atoms with van der Waals surface area (Å²) in [5.74, 6) is 0.748. The van der Waals surface area contributed by atoms with E-state index >= 15 is 0 Å². The molecular formula is C20H20N4O6S. The molecule has 1 aromatic carbocycles. The van der Waals surface area contributed by atoms with E-state index in [1.54, 1.807) is 30.6 Å². The molecule has 0 radical (unpaired) electrons. The molecule has 0 bridgehead atoms. The molecule has 1 N–H and O–H groups in total. The number of rotatable bonds is 9. The molecule has 0 atom stereocenters. The van der Waals surface area contributed by atoms with Gasteiger partial charge >= 0.3 is 5.97 Å². The Morgan fingerprint density at radius 3 is 2.35 bits per heavy atom. The van der Waals surface area contributed by atoms with Crippen LogP contribution >= 0.6 is 11.3 Å². The summed E-state index contributed by atoms with van der Waals surface area (Å²) in [5, 5.41) is 4.68. The van der Waals surface area contributed by atoms with E-state index in [4.69, 9.17) is 18.9 Å². The zero-order valence-electron chi connectivity index (χ0n) is 17.1. The van der Waals surface area contributed by atoms with Crippen LogP contribution < -0.4 is 19.5 Å². The van der Waals surface area contributed by atoms with Gasteiger partial charge in [0.05, 0.1) is 21.3 Å². The summed E-state index contributed by atoms with van der Waals surface area (Å²) in [7, 11) is 4.54. The highest BCUT2D eigenvalue weighted by Gasteiger charge is 2.17. The Balaban J connectivity index is 1.55. The number of nitrogens with one attached hydrogen (secondary N) is 1. The molecule has 0 spiro atoms. The van der Waals surface area contributed by atoms with Crippen LogP contribution in [0.25, 0.3) is 10.8 Å². The van der Waals surface area contributed by atoms with Crippen molar-refractivity contribution in [3.8, 4) is 28.1 Å². The molecule has 3 aromatic rings. The summed E-state index contributed by atoms with van der Waals surface area (Å²) in [6.45, 7) is -0.310. The largest absolute Gasteiger partial charge is 0.496 e. The van der Waals surface area contributed by atoms with E-state index in [2.05, 4.69) is 20.3 Å². The number of nitrogens with zero attached hydrogens (tertiary/aromatic N) is 3. The van der Waals surface area contributed by atoms with Crippen molar-refractivity contribution in [3.05, 3.63) is 47.2 Å². The van der Waals surface area contributed by atoms with Crippen molar-refractivity contribution >= 4 is 23.2 Å². The van der Waals surface area contributed by atoms with Crippen molar-refractivity contribution in [2.75, 3.05) is 27.9 Å². The van der Waals surface area contributed by atoms with E-state index in [0.717, 1.165) is 0 Å². The lowest BCUT2D eigenvalue weighted by Gasteiger charge is -2.14. The first-order chi connectivity index (χ1) is 15.0.